The van der Waals surface area contributed by atoms with E-state index in [0.717, 1.165) is 42.7 Å². The molecule has 1 amide bonds. The van der Waals surface area contributed by atoms with Crippen LogP contribution < -0.4 is 5.32 Å². The zero-order chi connectivity index (χ0) is 13.2. The van der Waals surface area contributed by atoms with Gasteiger partial charge in [0.1, 0.15) is 5.82 Å². The van der Waals surface area contributed by atoms with Crippen LogP contribution in [0.2, 0.25) is 0 Å². The third-order valence-electron chi connectivity index (χ3n) is 3.55. The molecule has 0 bridgehead atoms. The Morgan fingerprint density at radius 1 is 1.42 bits per heavy atom. The maximum Gasteiger partial charge on any atom is 0.223 e. The largest absolute Gasteiger partial charge is 0.349 e. The van der Waals surface area contributed by atoms with Crippen LogP contribution in [-0.4, -0.2) is 15.5 Å². The molecule has 1 N–H and O–H groups in total. The molecule has 2 aromatic rings. The zero-order valence-electron chi connectivity index (χ0n) is 11.2. The monoisotopic (exact) mass is 257 g/mol. The van der Waals surface area contributed by atoms with Gasteiger partial charge in [-0.25, -0.2) is 4.98 Å². The fourth-order valence-electron chi connectivity index (χ4n) is 2.39. The van der Waals surface area contributed by atoms with E-state index in [1.807, 2.05) is 18.2 Å². The highest BCUT2D eigenvalue weighted by molar-refractivity contribution is 5.81. The number of amides is 1. The van der Waals surface area contributed by atoms with Gasteiger partial charge in [-0.2, -0.15) is 0 Å². The number of hydrogen-bond donors (Lipinski definition) is 1. The molecule has 4 heteroatoms. The predicted molar refractivity (Wildman–Crippen MR) is 74.6 cm³/mol. The van der Waals surface area contributed by atoms with Gasteiger partial charge < -0.3 is 9.88 Å². The van der Waals surface area contributed by atoms with Gasteiger partial charge in [0.25, 0.3) is 0 Å². The van der Waals surface area contributed by atoms with Gasteiger partial charge in [-0.05, 0) is 31.4 Å². The molecule has 0 saturated heterocycles. The molecule has 3 rings (SSSR count). The topological polar surface area (TPSA) is 46.9 Å². The minimum Gasteiger partial charge on any atom is -0.349 e. The van der Waals surface area contributed by atoms with Gasteiger partial charge in [0.2, 0.25) is 5.91 Å². The van der Waals surface area contributed by atoms with Crippen LogP contribution in [0.25, 0.3) is 11.0 Å². The van der Waals surface area contributed by atoms with Crippen molar-refractivity contribution in [2.75, 3.05) is 0 Å². The summed E-state index contributed by atoms with van der Waals surface area (Å²) >= 11 is 0. The number of benzene rings is 1. The van der Waals surface area contributed by atoms with E-state index in [4.69, 9.17) is 0 Å². The Morgan fingerprint density at radius 2 is 2.21 bits per heavy atom. The van der Waals surface area contributed by atoms with Crippen molar-refractivity contribution < 1.29 is 4.79 Å². The van der Waals surface area contributed by atoms with Crippen LogP contribution in [0, 0.1) is 5.92 Å². The van der Waals surface area contributed by atoms with E-state index in [1.165, 1.54) is 0 Å². The molecule has 4 nitrogen and oxygen atoms in total. The lowest BCUT2D eigenvalue weighted by molar-refractivity contribution is -0.122. The van der Waals surface area contributed by atoms with Crippen molar-refractivity contribution in [2.24, 2.45) is 5.92 Å². The SMILES string of the molecule is CCCn1c(CNC(=O)C2CC2)nc2ccccc21. The third-order valence-corrected chi connectivity index (χ3v) is 3.55. The van der Waals surface area contributed by atoms with Crippen LogP contribution in [-0.2, 0) is 17.9 Å². The number of nitrogens with zero attached hydrogens (tertiary/aromatic N) is 2. The summed E-state index contributed by atoms with van der Waals surface area (Å²) in [5.74, 6) is 1.39. The van der Waals surface area contributed by atoms with Crippen LogP contribution in [0.5, 0.6) is 0 Å². The summed E-state index contributed by atoms with van der Waals surface area (Å²) in [5, 5.41) is 3.00. The maximum absolute atomic E-state index is 11.7. The highest BCUT2D eigenvalue weighted by Gasteiger charge is 2.29. The molecule has 1 aromatic heterocycles. The summed E-state index contributed by atoms with van der Waals surface area (Å²) in [5.41, 5.74) is 2.16. The van der Waals surface area contributed by atoms with Crippen molar-refractivity contribution in [1.82, 2.24) is 14.9 Å². The van der Waals surface area contributed by atoms with Crippen molar-refractivity contribution in [3.05, 3.63) is 30.1 Å². The normalized spacial score (nSPS) is 14.8. The summed E-state index contributed by atoms with van der Waals surface area (Å²) in [6, 6.07) is 8.14. The van der Waals surface area contributed by atoms with E-state index < -0.39 is 0 Å². The van der Waals surface area contributed by atoms with Gasteiger partial charge in [0, 0.05) is 12.5 Å². The lowest BCUT2D eigenvalue weighted by atomic mass is 10.3. The van der Waals surface area contributed by atoms with Gasteiger partial charge >= 0.3 is 0 Å². The Labute approximate surface area is 112 Å². The lowest BCUT2D eigenvalue weighted by Gasteiger charge is -2.08. The molecule has 0 radical (unpaired) electrons. The lowest BCUT2D eigenvalue weighted by Crippen LogP contribution is -2.26. The summed E-state index contributed by atoms with van der Waals surface area (Å²) in [6.07, 6.45) is 3.14. The number of nitrogens with one attached hydrogen (secondary N) is 1. The number of rotatable bonds is 5. The van der Waals surface area contributed by atoms with E-state index >= 15 is 0 Å². The van der Waals surface area contributed by atoms with E-state index in [0.29, 0.717) is 6.54 Å². The maximum atomic E-state index is 11.7. The molecule has 100 valence electrons. The van der Waals surface area contributed by atoms with Gasteiger partial charge in [-0.1, -0.05) is 19.1 Å². The predicted octanol–water partition coefficient (Wildman–Crippen LogP) is 2.47. The molecular formula is C15H19N3O. The quantitative estimate of drug-likeness (QED) is 0.894. The number of imidazole rings is 1. The van der Waals surface area contributed by atoms with Crippen molar-refractivity contribution in [1.29, 1.82) is 0 Å². The zero-order valence-corrected chi connectivity index (χ0v) is 11.2. The van der Waals surface area contributed by atoms with Crippen LogP contribution in [0.1, 0.15) is 32.0 Å². The number of aromatic nitrogens is 2. The average Bonchev–Trinajstić information content (AvgIpc) is 3.21. The number of carbonyl (C=O) groups excluding carboxylic acids is 1. The molecule has 1 aliphatic carbocycles. The summed E-state index contributed by atoms with van der Waals surface area (Å²) in [7, 11) is 0. The Kier molecular flexibility index (Phi) is 3.23. The first-order valence-corrected chi connectivity index (χ1v) is 7.01. The second-order valence-electron chi connectivity index (χ2n) is 5.16. The van der Waals surface area contributed by atoms with Crippen LogP contribution in [0.3, 0.4) is 0 Å². The van der Waals surface area contributed by atoms with Crippen molar-refractivity contribution in [3.8, 4) is 0 Å². The first kappa shape index (κ1) is 12.2. The van der Waals surface area contributed by atoms with Gasteiger partial charge in [0.15, 0.2) is 0 Å². The number of carbonyl (C=O) groups is 1. The second-order valence-corrected chi connectivity index (χ2v) is 5.16. The molecule has 1 heterocycles. The van der Waals surface area contributed by atoms with Crippen molar-refractivity contribution in [3.63, 3.8) is 0 Å². The second kappa shape index (κ2) is 5.03. The Morgan fingerprint density at radius 3 is 2.95 bits per heavy atom. The van der Waals surface area contributed by atoms with E-state index in [-0.39, 0.29) is 11.8 Å². The molecular weight excluding hydrogens is 238 g/mol. The minimum absolute atomic E-state index is 0.176. The standard InChI is InChI=1S/C15H19N3O/c1-2-9-18-13-6-4-3-5-12(13)17-14(18)10-16-15(19)11-7-8-11/h3-6,11H,2,7-10H2,1H3,(H,16,19). The molecule has 0 atom stereocenters. The van der Waals surface area contributed by atoms with Crippen molar-refractivity contribution >= 4 is 16.9 Å². The van der Waals surface area contributed by atoms with Crippen molar-refractivity contribution in [2.45, 2.75) is 39.3 Å². The van der Waals surface area contributed by atoms with Crippen LogP contribution in [0.4, 0.5) is 0 Å². The van der Waals surface area contributed by atoms with E-state index in [1.54, 1.807) is 0 Å². The highest BCUT2D eigenvalue weighted by atomic mass is 16.2. The molecule has 1 aliphatic rings. The summed E-state index contributed by atoms with van der Waals surface area (Å²) < 4.78 is 2.21. The van der Waals surface area contributed by atoms with E-state index in [9.17, 15) is 4.79 Å². The highest BCUT2D eigenvalue weighted by Crippen LogP contribution is 2.28. The molecule has 1 aromatic carbocycles. The molecule has 1 fully saturated rings. The number of fused-ring (bicyclic) bond motifs is 1. The van der Waals surface area contributed by atoms with Crippen LogP contribution in [0.15, 0.2) is 24.3 Å². The average molecular weight is 257 g/mol. The Balaban J connectivity index is 1.83. The minimum atomic E-state index is 0.176. The number of hydrogen-bond acceptors (Lipinski definition) is 2. The van der Waals surface area contributed by atoms with Crippen LogP contribution >= 0.6 is 0 Å². The fraction of sp³-hybridized carbons (Fsp3) is 0.467. The molecule has 1 saturated carbocycles. The van der Waals surface area contributed by atoms with Gasteiger partial charge in [-0.15, -0.1) is 0 Å². The van der Waals surface area contributed by atoms with Gasteiger partial charge in [0.05, 0.1) is 17.6 Å². The van der Waals surface area contributed by atoms with Gasteiger partial charge in [-0.3, -0.25) is 4.79 Å². The Hall–Kier alpha value is -1.84. The summed E-state index contributed by atoms with van der Waals surface area (Å²) in [6.45, 7) is 3.63. The molecule has 0 aliphatic heterocycles. The first-order chi connectivity index (χ1) is 9.29. The smallest absolute Gasteiger partial charge is 0.223 e. The summed E-state index contributed by atoms with van der Waals surface area (Å²) in [4.78, 5) is 16.3. The molecule has 0 unspecified atom stereocenters. The Bertz CT molecular complexity index is 598. The van der Waals surface area contributed by atoms with E-state index in [2.05, 4.69) is 27.9 Å². The number of aryl methyl sites for hydroxylation is 1. The molecule has 19 heavy (non-hydrogen) atoms. The third kappa shape index (κ3) is 2.48. The number of para-hydroxylation sites is 2. The fourth-order valence-corrected chi connectivity index (χ4v) is 2.39. The molecule has 0 spiro atoms. The first-order valence-electron chi connectivity index (χ1n) is 7.01.